The molecule has 3 heteroatoms. The lowest BCUT2D eigenvalue weighted by molar-refractivity contribution is 0.414. The molecule has 2 rings (SSSR count). The monoisotopic (exact) mass is 306 g/mol. The van der Waals surface area contributed by atoms with Crippen LogP contribution in [0.5, 0.6) is 0 Å². The second-order valence-electron chi connectivity index (χ2n) is 5.98. The molecule has 0 saturated carbocycles. The Bertz CT molecular complexity index is 586. The van der Waals surface area contributed by atoms with E-state index in [0.717, 1.165) is 11.3 Å². The summed E-state index contributed by atoms with van der Waals surface area (Å²) in [6, 6.07) is 6.87. The fourth-order valence-corrected chi connectivity index (χ4v) is 3.32. The highest BCUT2D eigenvalue weighted by Crippen LogP contribution is 2.33. The van der Waals surface area contributed by atoms with Gasteiger partial charge in [-0.15, -0.1) is 11.6 Å². The Labute approximate surface area is 133 Å². The average molecular weight is 307 g/mol. The zero-order valence-corrected chi connectivity index (χ0v) is 14.5. The normalized spacial score (nSPS) is 14.5. The summed E-state index contributed by atoms with van der Waals surface area (Å²) >= 11 is 6.43. The standard InChI is InChI=1S/C18H27ClN2/c1-5-7-11-15(9-6-2)21-17-13(3)10-8-12-16(17)20-18(21)14(4)19/h8,10,12,14-15H,5-7,9,11H2,1-4H3. The van der Waals surface area contributed by atoms with Gasteiger partial charge in [-0.25, -0.2) is 4.98 Å². The highest BCUT2D eigenvalue weighted by molar-refractivity contribution is 6.20. The first-order valence-corrected chi connectivity index (χ1v) is 8.65. The van der Waals surface area contributed by atoms with Crippen LogP contribution in [-0.4, -0.2) is 9.55 Å². The van der Waals surface area contributed by atoms with Crippen LogP contribution in [0.25, 0.3) is 11.0 Å². The molecule has 0 N–H and O–H groups in total. The first-order chi connectivity index (χ1) is 10.1. The molecule has 0 aliphatic carbocycles. The van der Waals surface area contributed by atoms with Gasteiger partial charge in [0.25, 0.3) is 0 Å². The van der Waals surface area contributed by atoms with Crippen LogP contribution in [-0.2, 0) is 0 Å². The van der Waals surface area contributed by atoms with Crippen LogP contribution in [0.3, 0.4) is 0 Å². The molecule has 0 spiro atoms. The minimum Gasteiger partial charge on any atom is -0.323 e. The van der Waals surface area contributed by atoms with Gasteiger partial charge in [-0.2, -0.15) is 0 Å². The van der Waals surface area contributed by atoms with E-state index in [-0.39, 0.29) is 5.38 Å². The maximum absolute atomic E-state index is 6.43. The number of fused-ring (bicyclic) bond motifs is 1. The number of halogens is 1. The molecular weight excluding hydrogens is 280 g/mol. The summed E-state index contributed by atoms with van der Waals surface area (Å²) in [5.74, 6) is 1.02. The number of aromatic nitrogens is 2. The van der Waals surface area contributed by atoms with Crippen LogP contribution >= 0.6 is 11.6 Å². The minimum absolute atomic E-state index is 0.0576. The summed E-state index contributed by atoms with van der Waals surface area (Å²) in [6.45, 7) is 8.71. The first-order valence-electron chi connectivity index (χ1n) is 8.21. The Morgan fingerprint density at radius 2 is 1.95 bits per heavy atom. The summed E-state index contributed by atoms with van der Waals surface area (Å²) in [7, 11) is 0. The van der Waals surface area contributed by atoms with Crippen molar-refractivity contribution in [3.63, 3.8) is 0 Å². The van der Waals surface area contributed by atoms with Crippen molar-refractivity contribution in [2.24, 2.45) is 0 Å². The van der Waals surface area contributed by atoms with Gasteiger partial charge in [0.1, 0.15) is 5.82 Å². The van der Waals surface area contributed by atoms with Gasteiger partial charge in [-0.05, 0) is 38.3 Å². The first kappa shape index (κ1) is 16.4. The number of hydrogen-bond donors (Lipinski definition) is 0. The summed E-state index contributed by atoms with van der Waals surface area (Å²) < 4.78 is 2.43. The molecule has 1 aromatic carbocycles. The molecule has 116 valence electrons. The second-order valence-corrected chi connectivity index (χ2v) is 6.64. The van der Waals surface area contributed by atoms with Gasteiger partial charge >= 0.3 is 0 Å². The maximum atomic E-state index is 6.43. The van der Waals surface area contributed by atoms with Crippen LogP contribution in [0, 0.1) is 6.92 Å². The van der Waals surface area contributed by atoms with Crippen molar-refractivity contribution in [1.29, 1.82) is 0 Å². The summed E-state index contributed by atoms with van der Waals surface area (Å²) in [6.07, 6.45) is 6.08. The predicted molar refractivity (Wildman–Crippen MR) is 92.2 cm³/mol. The van der Waals surface area contributed by atoms with E-state index in [1.54, 1.807) is 0 Å². The lowest BCUT2D eigenvalue weighted by Crippen LogP contribution is -2.13. The number of aryl methyl sites for hydroxylation is 1. The van der Waals surface area contributed by atoms with Crippen LogP contribution in [0.15, 0.2) is 18.2 Å². The highest BCUT2D eigenvalue weighted by atomic mass is 35.5. The van der Waals surface area contributed by atoms with Crippen molar-refractivity contribution in [1.82, 2.24) is 9.55 Å². The molecule has 0 radical (unpaired) electrons. The fraction of sp³-hybridized carbons (Fsp3) is 0.611. The molecule has 0 aliphatic heterocycles. The van der Waals surface area contributed by atoms with Crippen molar-refractivity contribution < 1.29 is 0 Å². The number of para-hydroxylation sites is 1. The smallest absolute Gasteiger partial charge is 0.127 e. The molecule has 21 heavy (non-hydrogen) atoms. The molecule has 0 bridgehead atoms. The molecular formula is C18H27ClN2. The maximum Gasteiger partial charge on any atom is 0.127 e. The number of rotatable bonds is 7. The zero-order valence-electron chi connectivity index (χ0n) is 13.7. The van der Waals surface area contributed by atoms with Crippen molar-refractivity contribution in [2.75, 3.05) is 0 Å². The molecule has 2 unspecified atom stereocenters. The number of benzene rings is 1. The summed E-state index contributed by atoms with van der Waals surface area (Å²) in [5.41, 5.74) is 3.64. The van der Waals surface area contributed by atoms with Gasteiger partial charge in [-0.1, -0.05) is 45.2 Å². The number of unbranched alkanes of at least 4 members (excludes halogenated alkanes) is 1. The highest BCUT2D eigenvalue weighted by Gasteiger charge is 2.21. The zero-order chi connectivity index (χ0) is 15.4. The van der Waals surface area contributed by atoms with Gasteiger partial charge in [0, 0.05) is 6.04 Å². The van der Waals surface area contributed by atoms with Gasteiger partial charge in [-0.3, -0.25) is 0 Å². The van der Waals surface area contributed by atoms with Crippen molar-refractivity contribution in [3.8, 4) is 0 Å². The Morgan fingerprint density at radius 3 is 2.57 bits per heavy atom. The van der Waals surface area contributed by atoms with Crippen LogP contribution < -0.4 is 0 Å². The van der Waals surface area contributed by atoms with Gasteiger partial charge in [0.05, 0.1) is 16.4 Å². The van der Waals surface area contributed by atoms with E-state index in [1.165, 1.54) is 43.2 Å². The summed E-state index contributed by atoms with van der Waals surface area (Å²) in [5, 5.41) is -0.0576. The lowest BCUT2D eigenvalue weighted by atomic mass is 10.0. The van der Waals surface area contributed by atoms with Crippen LogP contribution in [0.4, 0.5) is 0 Å². The van der Waals surface area contributed by atoms with E-state index in [1.807, 2.05) is 6.92 Å². The Hall–Kier alpha value is -1.02. The van der Waals surface area contributed by atoms with E-state index in [0.29, 0.717) is 6.04 Å². The predicted octanol–water partition coefficient (Wildman–Crippen LogP) is 6.18. The Morgan fingerprint density at radius 1 is 1.19 bits per heavy atom. The average Bonchev–Trinajstić information content (AvgIpc) is 2.84. The van der Waals surface area contributed by atoms with Crippen molar-refractivity contribution >= 4 is 22.6 Å². The molecule has 0 amide bonds. The van der Waals surface area contributed by atoms with Gasteiger partial charge < -0.3 is 4.57 Å². The third-order valence-electron chi connectivity index (χ3n) is 4.17. The molecule has 0 aliphatic rings. The van der Waals surface area contributed by atoms with Gasteiger partial charge in [0.2, 0.25) is 0 Å². The number of imidazole rings is 1. The van der Waals surface area contributed by atoms with E-state index in [4.69, 9.17) is 16.6 Å². The molecule has 2 atom stereocenters. The van der Waals surface area contributed by atoms with E-state index in [2.05, 4.69) is 43.5 Å². The Balaban J connectivity index is 2.59. The third kappa shape index (κ3) is 3.42. The van der Waals surface area contributed by atoms with Crippen LogP contribution in [0.1, 0.15) is 75.7 Å². The van der Waals surface area contributed by atoms with Crippen LogP contribution in [0.2, 0.25) is 0 Å². The largest absolute Gasteiger partial charge is 0.323 e. The number of nitrogens with zero attached hydrogens (tertiary/aromatic N) is 2. The number of alkyl halides is 1. The lowest BCUT2D eigenvalue weighted by Gasteiger charge is -2.23. The summed E-state index contributed by atoms with van der Waals surface area (Å²) in [4.78, 5) is 4.82. The number of hydrogen-bond acceptors (Lipinski definition) is 1. The van der Waals surface area contributed by atoms with E-state index >= 15 is 0 Å². The van der Waals surface area contributed by atoms with E-state index < -0.39 is 0 Å². The minimum atomic E-state index is -0.0576. The fourth-order valence-electron chi connectivity index (χ4n) is 3.16. The quantitative estimate of drug-likeness (QED) is 0.559. The molecule has 2 nitrogen and oxygen atoms in total. The van der Waals surface area contributed by atoms with E-state index in [9.17, 15) is 0 Å². The molecule has 0 saturated heterocycles. The topological polar surface area (TPSA) is 17.8 Å². The molecule has 2 aromatic rings. The van der Waals surface area contributed by atoms with Crippen molar-refractivity contribution in [3.05, 3.63) is 29.6 Å². The van der Waals surface area contributed by atoms with Gasteiger partial charge in [0.15, 0.2) is 0 Å². The van der Waals surface area contributed by atoms with Crippen molar-refractivity contribution in [2.45, 2.75) is 71.2 Å². The molecule has 1 heterocycles. The second kappa shape index (κ2) is 7.31. The SMILES string of the molecule is CCCCC(CCC)n1c(C(C)Cl)nc2cccc(C)c21. The Kier molecular flexibility index (Phi) is 5.69. The third-order valence-corrected chi connectivity index (χ3v) is 4.37. The molecule has 1 aromatic heterocycles. The molecule has 0 fully saturated rings.